The molecule has 18 heavy (non-hydrogen) atoms. The third-order valence-electron chi connectivity index (χ3n) is 3.87. The largest absolute Gasteiger partial charge is 0.381 e. The fourth-order valence-electron chi connectivity index (χ4n) is 2.85. The van der Waals surface area contributed by atoms with Gasteiger partial charge < -0.3 is 9.72 Å². The molecule has 1 saturated carbocycles. The number of aromatic amines is 1. The van der Waals surface area contributed by atoms with Gasteiger partial charge in [0.2, 0.25) is 0 Å². The molecule has 0 bridgehead atoms. The first-order valence-corrected chi connectivity index (χ1v) is 6.70. The van der Waals surface area contributed by atoms with Gasteiger partial charge >= 0.3 is 0 Å². The van der Waals surface area contributed by atoms with Crippen LogP contribution in [-0.4, -0.2) is 27.7 Å². The maximum Gasteiger partial charge on any atom is 0.179 e. The van der Waals surface area contributed by atoms with Gasteiger partial charge in [-0.25, -0.2) is 4.98 Å². The van der Waals surface area contributed by atoms with Crippen molar-refractivity contribution in [1.82, 2.24) is 14.5 Å². The van der Waals surface area contributed by atoms with Gasteiger partial charge in [0.1, 0.15) is 0 Å². The third-order valence-corrected chi connectivity index (χ3v) is 4.17. The maximum absolute atomic E-state index is 5.45. The van der Waals surface area contributed by atoms with E-state index in [4.69, 9.17) is 17.0 Å². The Labute approximate surface area is 111 Å². The van der Waals surface area contributed by atoms with Gasteiger partial charge in [0, 0.05) is 19.3 Å². The van der Waals surface area contributed by atoms with Crippen molar-refractivity contribution in [2.75, 3.05) is 7.11 Å². The predicted molar refractivity (Wildman–Crippen MR) is 73.3 cm³/mol. The van der Waals surface area contributed by atoms with Crippen molar-refractivity contribution < 1.29 is 4.74 Å². The number of ether oxygens (including phenoxy) is 1. The number of fused-ring (bicyclic) bond motifs is 1. The van der Waals surface area contributed by atoms with Crippen LogP contribution in [0.4, 0.5) is 0 Å². The van der Waals surface area contributed by atoms with E-state index in [0.29, 0.717) is 12.1 Å². The first-order chi connectivity index (χ1) is 8.70. The van der Waals surface area contributed by atoms with Crippen molar-refractivity contribution >= 4 is 23.4 Å². The van der Waals surface area contributed by atoms with Gasteiger partial charge in [-0.1, -0.05) is 0 Å². The lowest BCUT2D eigenvalue weighted by Gasteiger charge is -2.13. The molecule has 2 unspecified atom stereocenters. The lowest BCUT2D eigenvalue weighted by atomic mass is 10.2. The Morgan fingerprint density at radius 3 is 3.06 bits per heavy atom. The Kier molecular flexibility index (Phi) is 2.95. The molecule has 0 amide bonds. The van der Waals surface area contributed by atoms with Crippen LogP contribution in [-0.2, 0) is 4.74 Å². The Morgan fingerprint density at radius 1 is 1.50 bits per heavy atom. The molecule has 2 heterocycles. The van der Waals surface area contributed by atoms with Crippen LogP contribution in [0.2, 0.25) is 0 Å². The maximum atomic E-state index is 5.45. The summed E-state index contributed by atoms with van der Waals surface area (Å²) in [6.07, 6.45) is 5.43. The van der Waals surface area contributed by atoms with Crippen molar-refractivity contribution in [3.8, 4) is 0 Å². The van der Waals surface area contributed by atoms with E-state index in [0.717, 1.165) is 35.2 Å². The number of nitrogens with zero attached hydrogens (tertiary/aromatic N) is 2. The zero-order valence-electron chi connectivity index (χ0n) is 10.6. The smallest absolute Gasteiger partial charge is 0.179 e. The molecule has 1 fully saturated rings. The fourth-order valence-corrected chi connectivity index (χ4v) is 3.19. The Balaban J connectivity index is 2.10. The molecule has 0 aliphatic heterocycles. The number of imidazole rings is 1. The summed E-state index contributed by atoms with van der Waals surface area (Å²) in [6, 6.07) is 2.41. The molecule has 2 aromatic rings. The van der Waals surface area contributed by atoms with E-state index in [-0.39, 0.29) is 0 Å². The molecule has 2 aromatic heterocycles. The molecule has 2 atom stereocenters. The van der Waals surface area contributed by atoms with Gasteiger partial charge in [-0.15, -0.1) is 0 Å². The van der Waals surface area contributed by atoms with Crippen LogP contribution in [0, 0.1) is 11.7 Å². The number of rotatable bonds is 2. The summed E-state index contributed by atoms with van der Waals surface area (Å²) in [5.74, 6) is 0. The number of hydrogen-bond acceptors (Lipinski definition) is 3. The van der Waals surface area contributed by atoms with E-state index in [1.165, 1.54) is 5.56 Å². The van der Waals surface area contributed by atoms with Crippen LogP contribution in [0.3, 0.4) is 0 Å². The molecule has 4 nitrogen and oxygen atoms in total. The van der Waals surface area contributed by atoms with Gasteiger partial charge in [0.25, 0.3) is 0 Å². The molecular formula is C13H17N3OS. The third kappa shape index (κ3) is 1.78. The number of H-pyrrole nitrogens is 1. The van der Waals surface area contributed by atoms with E-state index in [9.17, 15) is 0 Å². The number of nitrogens with one attached hydrogen (secondary N) is 1. The van der Waals surface area contributed by atoms with E-state index >= 15 is 0 Å². The van der Waals surface area contributed by atoms with Crippen molar-refractivity contribution in [2.24, 2.45) is 0 Å². The van der Waals surface area contributed by atoms with E-state index in [1.54, 1.807) is 7.11 Å². The fraction of sp³-hybridized carbons (Fsp3) is 0.538. The van der Waals surface area contributed by atoms with Gasteiger partial charge in [0.05, 0.1) is 11.6 Å². The summed E-state index contributed by atoms with van der Waals surface area (Å²) >= 11 is 5.45. The molecule has 0 aromatic carbocycles. The summed E-state index contributed by atoms with van der Waals surface area (Å²) in [5, 5.41) is 0. The standard InChI is InChI=1S/C13H17N3OS/c1-8-5-6-14-12-11(8)15-13(18)16(12)9-3-4-10(7-9)17-2/h5-6,9-10H,3-4,7H2,1-2H3,(H,15,18). The number of aromatic nitrogens is 3. The first kappa shape index (κ1) is 11.9. The highest BCUT2D eigenvalue weighted by molar-refractivity contribution is 7.71. The molecule has 3 rings (SSSR count). The Morgan fingerprint density at radius 2 is 2.33 bits per heavy atom. The number of methoxy groups -OCH3 is 1. The summed E-state index contributed by atoms with van der Waals surface area (Å²) in [4.78, 5) is 7.76. The van der Waals surface area contributed by atoms with E-state index in [2.05, 4.69) is 21.5 Å². The second kappa shape index (κ2) is 4.48. The van der Waals surface area contributed by atoms with E-state index in [1.807, 2.05) is 12.3 Å². The molecule has 5 heteroatoms. The SMILES string of the molecule is COC1CCC(n2c(=S)[nH]c3c(C)ccnc32)C1. The van der Waals surface area contributed by atoms with Crippen LogP contribution in [0.1, 0.15) is 30.9 Å². The number of hydrogen-bond donors (Lipinski definition) is 1. The van der Waals surface area contributed by atoms with Crippen LogP contribution >= 0.6 is 12.2 Å². The Hall–Kier alpha value is -1.20. The molecule has 0 spiro atoms. The number of aryl methyl sites for hydroxylation is 1. The van der Waals surface area contributed by atoms with Crippen molar-refractivity contribution in [1.29, 1.82) is 0 Å². The zero-order valence-corrected chi connectivity index (χ0v) is 11.5. The summed E-state index contributed by atoms with van der Waals surface area (Å²) in [7, 11) is 1.78. The molecule has 1 N–H and O–H groups in total. The molecule has 1 aliphatic carbocycles. The summed E-state index contributed by atoms with van der Waals surface area (Å²) in [5.41, 5.74) is 3.22. The van der Waals surface area contributed by atoms with Gasteiger partial charge in [-0.3, -0.25) is 4.57 Å². The summed E-state index contributed by atoms with van der Waals surface area (Å²) < 4.78 is 8.37. The van der Waals surface area contributed by atoms with Crippen LogP contribution < -0.4 is 0 Å². The lowest BCUT2D eigenvalue weighted by Crippen LogP contribution is -2.09. The molecule has 0 saturated heterocycles. The van der Waals surface area contributed by atoms with Crippen molar-refractivity contribution in [3.05, 3.63) is 22.6 Å². The number of pyridine rings is 1. The normalized spacial score (nSPS) is 23.9. The van der Waals surface area contributed by atoms with E-state index < -0.39 is 0 Å². The van der Waals surface area contributed by atoms with Gasteiger partial charge in [-0.05, 0) is 50.0 Å². The topological polar surface area (TPSA) is 42.8 Å². The highest BCUT2D eigenvalue weighted by Crippen LogP contribution is 2.34. The van der Waals surface area contributed by atoms with Crippen molar-refractivity contribution in [3.63, 3.8) is 0 Å². The first-order valence-electron chi connectivity index (χ1n) is 6.29. The highest BCUT2D eigenvalue weighted by Gasteiger charge is 2.27. The van der Waals surface area contributed by atoms with Crippen LogP contribution in [0.25, 0.3) is 11.2 Å². The van der Waals surface area contributed by atoms with Gasteiger partial charge in [-0.2, -0.15) is 0 Å². The average Bonchev–Trinajstić information content (AvgIpc) is 2.93. The lowest BCUT2D eigenvalue weighted by molar-refractivity contribution is 0.106. The van der Waals surface area contributed by atoms with Crippen LogP contribution in [0.5, 0.6) is 0 Å². The Bertz CT molecular complexity index is 631. The zero-order chi connectivity index (χ0) is 12.7. The van der Waals surface area contributed by atoms with Gasteiger partial charge in [0.15, 0.2) is 10.4 Å². The monoisotopic (exact) mass is 263 g/mol. The molecular weight excluding hydrogens is 246 g/mol. The molecule has 1 aliphatic rings. The minimum absolute atomic E-state index is 0.353. The van der Waals surface area contributed by atoms with Crippen molar-refractivity contribution in [2.45, 2.75) is 38.3 Å². The summed E-state index contributed by atoms with van der Waals surface area (Å²) in [6.45, 7) is 2.08. The molecule has 0 radical (unpaired) electrons. The predicted octanol–water partition coefficient (Wildman–Crippen LogP) is 3.14. The highest BCUT2D eigenvalue weighted by atomic mass is 32.1. The van der Waals surface area contributed by atoms with Crippen LogP contribution in [0.15, 0.2) is 12.3 Å². The molecule has 96 valence electrons. The quantitative estimate of drug-likeness (QED) is 0.846. The minimum Gasteiger partial charge on any atom is -0.381 e. The minimum atomic E-state index is 0.353. The average molecular weight is 263 g/mol. The second-order valence-corrected chi connectivity index (χ2v) is 5.34. The second-order valence-electron chi connectivity index (χ2n) is 4.95.